The summed E-state index contributed by atoms with van der Waals surface area (Å²) in [5.41, 5.74) is 4.44. The molecule has 4 aliphatic rings. The largest absolute Gasteiger partial charge is 0.506 e. The number of pyridine rings is 1. The van der Waals surface area contributed by atoms with Crippen LogP contribution in [0.5, 0.6) is 5.75 Å². The fourth-order valence-electron chi connectivity index (χ4n) is 9.13. The van der Waals surface area contributed by atoms with Gasteiger partial charge in [-0.1, -0.05) is 55.7 Å². The van der Waals surface area contributed by atoms with Crippen LogP contribution in [0.25, 0.3) is 22.0 Å². The Bertz CT molecular complexity index is 2240. The fraction of sp³-hybridized carbons (Fsp3) is 0.465. The van der Waals surface area contributed by atoms with E-state index in [9.17, 15) is 24.6 Å². The normalized spacial score (nSPS) is 21.4. The highest BCUT2D eigenvalue weighted by Gasteiger charge is 2.46. The maximum absolute atomic E-state index is 14.0. The first-order chi connectivity index (χ1) is 26.3. The number of H-pyrrole nitrogens is 1. The number of fused-ring (bicyclic) bond motifs is 5. The van der Waals surface area contributed by atoms with Crippen molar-refractivity contribution < 1.29 is 24.2 Å². The number of benzene rings is 3. The predicted molar refractivity (Wildman–Crippen MR) is 207 cm³/mol. The summed E-state index contributed by atoms with van der Waals surface area (Å²) < 4.78 is 13.7. The molecule has 3 aliphatic heterocycles. The number of rotatable bonds is 13. The maximum Gasteiger partial charge on any atom is 0.419 e. The molecule has 2 bridgehead atoms. The molecule has 11 nitrogen and oxygen atoms in total. The third-order valence-corrected chi connectivity index (χ3v) is 12.2. The van der Waals surface area contributed by atoms with Gasteiger partial charge in [-0.15, -0.1) is 0 Å². The minimum Gasteiger partial charge on any atom is -0.506 e. The van der Waals surface area contributed by atoms with E-state index < -0.39 is 11.5 Å². The minimum absolute atomic E-state index is 0.0150. The number of aromatic hydroxyl groups is 1. The lowest BCUT2D eigenvalue weighted by atomic mass is 9.69. The zero-order valence-electron chi connectivity index (χ0n) is 30.7. The van der Waals surface area contributed by atoms with Crippen LogP contribution in [-0.2, 0) is 34.5 Å². The third kappa shape index (κ3) is 7.37. The summed E-state index contributed by atoms with van der Waals surface area (Å²) in [5, 5.41) is 24.9. The maximum atomic E-state index is 14.0. The molecule has 9 rings (SSSR count). The number of unbranched alkanes of at least 4 members (excludes halogenated alkanes) is 1. The van der Waals surface area contributed by atoms with Gasteiger partial charge in [-0.2, -0.15) is 0 Å². The first-order valence-electron chi connectivity index (χ1n) is 19.7. The molecule has 3 saturated heterocycles. The van der Waals surface area contributed by atoms with Crippen molar-refractivity contribution in [2.45, 2.75) is 94.9 Å². The lowest BCUT2D eigenvalue weighted by molar-refractivity contribution is -0.167. The molecule has 1 saturated carbocycles. The molecule has 54 heavy (non-hydrogen) atoms. The van der Waals surface area contributed by atoms with Gasteiger partial charge in [0.25, 0.3) is 0 Å². The molecule has 11 heteroatoms. The molecule has 2 atom stereocenters. The van der Waals surface area contributed by atoms with Crippen LogP contribution < -0.4 is 16.6 Å². The molecule has 3 aromatic carbocycles. The summed E-state index contributed by atoms with van der Waals surface area (Å²) in [4.78, 5) is 43.7. The molecule has 5 heterocycles. The second-order valence-electron chi connectivity index (χ2n) is 15.6. The Hall–Kier alpha value is -4.71. The van der Waals surface area contributed by atoms with Gasteiger partial charge in [-0.25, -0.2) is 4.79 Å². The van der Waals surface area contributed by atoms with Crippen molar-refractivity contribution in [3.05, 3.63) is 110 Å². The quantitative estimate of drug-likeness (QED) is 0.0867. The zero-order valence-corrected chi connectivity index (χ0v) is 30.7. The van der Waals surface area contributed by atoms with E-state index in [0.717, 1.165) is 100 Å². The number of phenols is 1. The minimum atomic E-state index is -0.881. The Labute approximate surface area is 313 Å². The Balaban J connectivity index is 0.863. The summed E-state index contributed by atoms with van der Waals surface area (Å²) in [6.45, 7) is 4.33. The van der Waals surface area contributed by atoms with E-state index in [4.69, 9.17) is 9.15 Å². The summed E-state index contributed by atoms with van der Waals surface area (Å²) in [5.74, 6) is 0.0281. The van der Waals surface area contributed by atoms with Crippen LogP contribution in [0.3, 0.4) is 0 Å². The summed E-state index contributed by atoms with van der Waals surface area (Å²) in [6.07, 6.45) is 8.84. The zero-order chi connectivity index (χ0) is 37.2. The second kappa shape index (κ2) is 15.6. The third-order valence-electron chi connectivity index (χ3n) is 12.2. The van der Waals surface area contributed by atoms with Crippen LogP contribution in [0.1, 0.15) is 86.1 Å². The average molecular weight is 735 g/mol. The molecule has 2 aromatic heterocycles. The van der Waals surface area contributed by atoms with Gasteiger partial charge < -0.3 is 29.7 Å². The van der Waals surface area contributed by atoms with Crippen LogP contribution in [-0.4, -0.2) is 62.9 Å². The van der Waals surface area contributed by atoms with Gasteiger partial charge in [0.1, 0.15) is 11.9 Å². The van der Waals surface area contributed by atoms with Gasteiger partial charge in [0, 0.05) is 37.6 Å². The number of carbonyl (C=O) groups excluding carboxylic acids is 1. The number of esters is 1. The molecule has 4 fully saturated rings. The number of nitrogens with one attached hydrogen (secondary N) is 2. The molecule has 1 aliphatic carbocycles. The number of aryl methyl sites for hydroxylation is 2. The number of aliphatic hydroxyl groups excluding tert-OH is 1. The number of phenolic OH excluding ortho intramolecular Hbond substituents is 1. The molecule has 4 N–H and O–H groups in total. The SMILES string of the molecule is O=C(O[C@H]1CN2CCC1CC2)C1(c2cccc(CCCCn3c(=O)oc4cc(CNC[C@H](O)c5ccc(O)c6[nH]c(=O)ccc56)ccc43)c2)CCCCC1. The standard InChI is InChI=1S/C43H50N4O7/c48-35-14-11-32(33-12-15-39(50)45-40(33)35)36(49)26-44-25-29-10-13-34-37(24-29)54-42(52)47(34)20-5-2-7-28-8-6-9-31(23-28)43(18-3-1-4-19-43)41(51)53-38-27-46-21-16-30(38)17-22-46/h6,8-15,23-24,30,36,38,44,48-49H,1-5,7,16-22,25-27H2,(H,45,50)/t36-,38-/m0/s1. The van der Waals surface area contributed by atoms with Gasteiger partial charge in [0.2, 0.25) is 5.56 Å². The number of aromatic nitrogens is 2. The lowest BCUT2D eigenvalue weighted by Crippen LogP contribution is -2.53. The summed E-state index contributed by atoms with van der Waals surface area (Å²) in [7, 11) is 0. The predicted octanol–water partition coefficient (Wildman–Crippen LogP) is 5.83. The monoisotopic (exact) mass is 734 g/mol. The number of carbonyl (C=O) groups is 1. The van der Waals surface area contributed by atoms with E-state index >= 15 is 0 Å². The van der Waals surface area contributed by atoms with Gasteiger partial charge in [-0.3, -0.25) is 19.1 Å². The van der Waals surface area contributed by atoms with E-state index in [-0.39, 0.29) is 35.7 Å². The Kier molecular flexibility index (Phi) is 10.5. The van der Waals surface area contributed by atoms with Crippen molar-refractivity contribution >= 4 is 28.0 Å². The molecule has 0 amide bonds. The number of aromatic amines is 1. The Morgan fingerprint density at radius 2 is 1.81 bits per heavy atom. The number of oxazole rings is 1. The molecule has 284 valence electrons. The van der Waals surface area contributed by atoms with Crippen molar-refractivity contribution in [2.24, 2.45) is 5.92 Å². The highest BCUT2D eigenvalue weighted by atomic mass is 16.5. The number of piperidine rings is 3. The average Bonchev–Trinajstić information content (AvgIpc) is 3.51. The van der Waals surface area contributed by atoms with Crippen molar-refractivity contribution in [2.75, 3.05) is 26.2 Å². The number of hydrogen-bond acceptors (Lipinski definition) is 9. The Morgan fingerprint density at radius 3 is 2.61 bits per heavy atom. The molecule has 0 unspecified atom stereocenters. The molecule has 0 radical (unpaired) electrons. The number of aliphatic hydroxyl groups is 1. The van der Waals surface area contributed by atoms with Crippen LogP contribution in [0, 0.1) is 5.92 Å². The van der Waals surface area contributed by atoms with Gasteiger partial charge >= 0.3 is 11.7 Å². The summed E-state index contributed by atoms with van der Waals surface area (Å²) in [6, 6.07) is 20.3. The van der Waals surface area contributed by atoms with E-state index in [1.54, 1.807) is 16.7 Å². The van der Waals surface area contributed by atoms with Crippen LogP contribution in [0.4, 0.5) is 0 Å². The van der Waals surface area contributed by atoms with E-state index in [2.05, 4.69) is 39.5 Å². The molecular formula is C43H50N4O7. The van der Waals surface area contributed by atoms with Gasteiger partial charge in [0.05, 0.1) is 22.6 Å². The van der Waals surface area contributed by atoms with E-state index in [1.165, 1.54) is 17.7 Å². The Morgan fingerprint density at radius 1 is 0.981 bits per heavy atom. The van der Waals surface area contributed by atoms with Crippen molar-refractivity contribution in [1.82, 2.24) is 19.8 Å². The van der Waals surface area contributed by atoms with Crippen molar-refractivity contribution in [1.29, 1.82) is 0 Å². The number of ether oxygens (including phenoxy) is 1. The molecule has 0 spiro atoms. The van der Waals surface area contributed by atoms with Gasteiger partial charge in [-0.05, 0) is 110 Å². The topological polar surface area (TPSA) is 150 Å². The van der Waals surface area contributed by atoms with Crippen molar-refractivity contribution in [3.63, 3.8) is 0 Å². The van der Waals surface area contributed by atoms with Crippen LogP contribution in [0.2, 0.25) is 0 Å². The number of hydrogen-bond donors (Lipinski definition) is 4. The van der Waals surface area contributed by atoms with Gasteiger partial charge in [0.15, 0.2) is 5.58 Å². The lowest BCUT2D eigenvalue weighted by Gasteiger charge is -2.45. The smallest absolute Gasteiger partial charge is 0.419 e. The first-order valence-corrected chi connectivity index (χ1v) is 19.7. The van der Waals surface area contributed by atoms with Crippen LogP contribution >= 0.6 is 0 Å². The highest BCUT2D eigenvalue weighted by Crippen LogP contribution is 2.42. The number of nitrogens with zero attached hydrogens (tertiary/aromatic N) is 2. The molecule has 5 aromatic rings. The molecular weight excluding hydrogens is 684 g/mol. The van der Waals surface area contributed by atoms with Crippen LogP contribution in [0.15, 0.2) is 80.7 Å². The summed E-state index contributed by atoms with van der Waals surface area (Å²) >= 11 is 0. The second-order valence-corrected chi connectivity index (χ2v) is 15.6. The first kappa shape index (κ1) is 36.3. The van der Waals surface area contributed by atoms with Crippen molar-refractivity contribution in [3.8, 4) is 5.75 Å². The highest BCUT2D eigenvalue weighted by molar-refractivity contribution is 5.87. The fourth-order valence-corrected chi connectivity index (χ4v) is 9.13. The van der Waals surface area contributed by atoms with E-state index in [1.807, 2.05) is 18.2 Å². The van der Waals surface area contributed by atoms with E-state index in [0.29, 0.717) is 41.1 Å².